The van der Waals surface area contributed by atoms with Crippen LogP contribution < -0.4 is 10.1 Å². The second-order valence-corrected chi connectivity index (χ2v) is 11.2. The van der Waals surface area contributed by atoms with Crippen molar-refractivity contribution in [3.8, 4) is 16.9 Å². The highest BCUT2D eigenvalue weighted by atomic mass is 32.2. The number of ether oxygens (including phenoxy) is 1. The van der Waals surface area contributed by atoms with Crippen LogP contribution in [-0.2, 0) is 29.2 Å². The maximum atomic E-state index is 13.7. The zero-order valence-electron chi connectivity index (χ0n) is 21.4. The molecule has 9 heteroatoms. The third-order valence-electron chi connectivity index (χ3n) is 7.02. The molecule has 6 rings (SSSR count). The molecule has 196 valence electrons. The van der Waals surface area contributed by atoms with E-state index in [4.69, 9.17) is 4.74 Å². The molecule has 1 aliphatic carbocycles. The predicted molar refractivity (Wildman–Crippen MR) is 149 cm³/mol. The van der Waals surface area contributed by atoms with Gasteiger partial charge in [-0.3, -0.25) is 9.55 Å². The van der Waals surface area contributed by atoms with Gasteiger partial charge in [-0.05, 0) is 77.9 Å². The van der Waals surface area contributed by atoms with Crippen LogP contribution in [0.3, 0.4) is 0 Å². The number of nitrogens with one attached hydrogen (secondary N) is 1. The second-order valence-electron chi connectivity index (χ2n) is 9.40. The van der Waals surface area contributed by atoms with Gasteiger partial charge in [0.25, 0.3) is 5.16 Å². The van der Waals surface area contributed by atoms with E-state index in [1.807, 2.05) is 36.4 Å². The van der Waals surface area contributed by atoms with Crippen LogP contribution in [0.4, 0.5) is 11.6 Å². The molecule has 1 aliphatic rings. The summed E-state index contributed by atoms with van der Waals surface area (Å²) in [6.45, 7) is 0.250. The summed E-state index contributed by atoms with van der Waals surface area (Å²) in [5, 5.41) is 12.0. The molecule has 0 atom stereocenters. The van der Waals surface area contributed by atoms with Crippen LogP contribution in [0, 0.1) is 0 Å². The number of nitrogens with zero attached hydrogens (tertiary/aromatic N) is 4. The molecule has 39 heavy (non-hydrogen) atoms. The van der Waals surface area contributed by atoms with Gasteiger partial charge in [-0.15, -0.1) is 10.2 Å². The summed E-state index contributed by atoms with van der Waals surface area (Å²) in [6, 6.07) is 24.1. The summed E-state index contributed by atoms with van der Waals surface area (Å²) >= 11 is 0. The molecule has 0 amide bonds. The Hall–Kier alpha value is -4.50. The third-order valence-corrected chi connectivity index (χ3v) is 8.70. The van der Waals surface area contributed by atoms with Crippen molar-refractivity contribution in [2.75, 3.05) is 12.4 Å². The molecule has 0 radical (unpaired) electrons. The summed E-state index contributed by atoms with van der Waals surface area (Å²) in [5.41, 5.74) is 6.33. The lowest BCUT2D eigenvalue weighted by atomic mass is 9.98. The van der Waals surface area contributed by atoms with Gasteiger partial charge in [0.2, 0.25) is 15.8 Å². The van der Waals surface area contributed by atoms with Gasteiger partial charge in [-0.2, -0.15) is 0 Å². The minimum atomic E-state index is -3.93. The van der Waals surface area contributed by atoms with Crippen molar-refractivity contribution in [2.24, 2.45) is 0 Å². The van der Waals surface area contributed by atoms with Crippen molar-refractivity contribution in [2.45, 2.75) is 35.9 Å². The number of hydrogen-bond acceptors (Lipinski definition) is 7. The number of methoxy groups -OCH3 is 1. The molecule has 2 aromatic heterocycles. The Kier molecular flexibility index (Phi) is 6.58. The summed E-state index contributed by atoms with van der Waals surface area (Å²) in [4.78, 5) is 4.33. The van der Waals surface area contributed by atoms with Crippen LogP contribution in [0.15, 0.2) is 101 Å². The summed E-state index contributed by atoms with van der Waals surface area (Å²) < 4.78 is 34.3. The number of benzene rings is 3. The lowest BCUT2D eigenvalue weighted by Gasteiger charge is -2.18. The number of anilines is 2. The Balaban J connectivity index is 1.49. The van der Waals surface area contributed by atoms with Gasteiger partial charge in [0, 0.05) is 18.0 Å². The zero-order valence-corrected chi connectivity index (χ0v) is 22.2. The highest BCUT2D eigenvalue weighted by Crippen LogP contribution is 2.39. The lowest BCUT2D eigenvalue weighted by Crippen LogP contribution is -2.14. The number of aromatic nitrogens is 4. The van der Waals surface area contributed by atoms with E-state index in [2.05, 4.69) is 32.6 Å². The highest BCUT2D eigenvalue weighted by molar-refractivity contribution is 7.91. The van der Waals surface area contributed by atoms with Gasteiger partial charge in [0.15, 0.2) is 0 Å². The number of pyridine rings is 1. The molecule has 0 saturated heterocycles. The summed E-state index contributed by atoms with van der Waals surface area (Å²) in [7, 11) is -2.32. The van der Waals surface area contributed by atoms with Crippen LogP contribution >= 0.6 is 0 Å². The summed E-state index contributed by atoms with van der Waals surface area (Å²) in [5.74, 6) is 1.08. The molecular weight excluding hydrogens is 510 g/mol. The predicted octanol–water partition coefficient (Wildman–Crippen LogP) is 5.46. The van der Waals surface area contributed by atoms with Crippen molar-refractivity contribution in [1.29, 1.82) is 0 Å². The number of rotatable bonds is 8. The van der Waals surface area contributed by atoms with E-state index in [9.17, 15) is 8.42 Å². The van der Waals surface area contributed by atoms with E-state index < -0.39 is 9.84 Å². The molecule has 1 N–H and O–H groups in total. The number of aryl methyl sites for hydroxylation is 1. The molecule has 0 aliphatic heterocycles. The lowest BCUT2D eigenvalue weighted by molar-refractivity contribution is 0.414. The van der Waals surface area contributed by atoms with Gasteiger partial charge in [0.05, 0.1) is 24.2 Å². The average molecular weight is 538 g/mol. The SMILES string of the molecule is COc1ccc(Cn2c(Nc3c(-c4ccncc4)ccc4c3CCC4)nnc2S(=O)(=O)c2ccccc2)cc1. The number of fused-ring (bicyclic) bond motifs is 1. The van der Waals surface area contributed by atoms with Gasteiger partial charge in [0.1, 0.15) is 5.75 Å². The topological polar surface area (TPSA) is 99.0 Å². The van der Waals surface area contributed by atoms with Gasteiger partial charge in [-0.1, -0.05) is 42.5 Å². The molecule has 0 saturated carbocycles. The molecular formula is C30H27N5O3S. The molecule has 8 nitrogen and oxygen atoms in total. The van der Waals surface area contributed by atoms with E-state index in [0.29, 0.717) is 5.95 Å². The molecule has 0 fully saturated rings. The fraction of sp³-hybridized carbons (Fsp3) is 0.167. The molecule has 3 aromatic carbocycles. The molecule has 2 heterocycles. The highest BCUT2D eigenvalue weighted by Gasteiger charge is 2.28. The van der Waals surface area contributed by atoms with Crippen molar-refractivity contribution in [3.63, 3.8) is 0 Å². The Labute approximate surface area is 227 Å². The average Bonchev–Trinajstić information content (AvgIpc) is 3.62. The van der Waals surface area contributed by atoms with E-state index >= 15 is 0 Å². The largest absolute Gasteiger partial charge is 0.497 e. The normalized spacial score (nSPS) is 12.7. The first-order chi connectivity index (χ1) is 19.0. The first-order valence-corrected chi connectivity index (χ1v) is 14.2. The zero-order chi connectivity index (χ0) is 26.8. The van der Waals surface area contributed by atoms with Gasteiger partial charge in [-0.25, -0.2) is 8.42 Å². The Morgan fingerprint density at radius 2 is 1.67 bits per heavy atom. The fourth-order valence-electron chi connectivity index (χ4n) is 5.03. The van der Waals surface area contributed by atoms with Crippen LogP contribution in [0.1, 0.15) is 23.1 Å². The van der Waals surface area contributed by atoms with Crippen LogP contribution in [-0.4, -0.2) is 35.3 Å². The number of hydrogen-bond donors (Lipinski definition) is 1. The van der Waals surface area contributed by atoms with E-state index in [0.717, 1.165) is 47.4 Å². The smallest absolute Gasteiger partial charge is 0.256 e. The fourth-order valence-corrected chi connectivity index (χ4v) is 6.35. The first-order valence-electron chi connectivity index (χ1n) is 12.7. The van der Waals surface area contributed by atoms with Crippen LogP contribution in [0.5, 0.6) is 5.75 Å². The minimum absolute atomic E-state index is 0.120. The van der Waals surface area contributed by atoms with Crippen molar-refractivity contribution < 1.29 is 13.2 Å². The quantitative estimate of drug-likeness (QED) is 0.281. The third kappa shape index (κ3) is 4.77. The van der Waals surface area contributed by atoms with E-state index in [1.165, 1.54) is 11.1 Å². The van der Waals surface area contributed by atoms with Crippen molar-refractivity contribution in [1.82, 2.24) is 19.7 Å². The monoisotopic (exact) mass is 537 g/mol. The molecule has 0 spiro atoms. The van der Waals surface area contributed by atoms with E-state index in [1.54, 1.807) is 54.4 Å². The van der Waals surface area contributed by atoms with Crippen molar-refractivity contribution in [3.05, 3.63) is 108 Å². The maximum Gasteiger partial charge on any atom is 0.256 e. The molecule has 0 bridgehead atoms. The van der Waals surface area contributed by atoms with Crippen LogP contribution in [0.25, 0.3) is 11.1 Å². The van der Waals surface area contributed by atoms with Gasteiger partial charge >= 0.3 is 0 Å². The molecule has 0 unspecified atom stereocenters. The van der Waals surface area contributed by atoms with E-state index in [-0.39, 0.29) is 16.6 Å². The minimum Gasteiger partial charge on any atom is -0.497 e. The standard InChI is InChI=1S/C30H27N5O3S/c1-38-24-13-10-21(11-14-24)20-35-29(33-34-30(35)39(36,37)25-7-3-2-4-8-25)32-28-26-9-5-6-22(26)12-15-27(28)23-16-18-31-19-17-23/h2-4,7-8,10-19H,5-6,9,20H2,1H3,(H,32,33). The Morgan fingerprint density at radius 1 is 0.897 bits per heavy atom. The second kappa shape index (κ2) is 10.3. The molecule has 5 aromatic rings. The first kappa shape index (κ1) is 24.8. The van der Waals surface area contributed by atoms with Crippen molar-refractivity contribution >= 4 is 21.5 Å². The Morgan fingerprint density at radius 3 is 2.41 bits per heavy atom. The maximum absolute atomic E-state index is 13.7. The Bertz CT molecular complexity index is 1720. The number of sulfone groups is 1. The van der Waals surface area contributed by atoms with Crippen LogP contribution in [0.2, 0.25) is 0 Å². The summed E-state index contributed by atoms with van der Waals surface area (Å²) in [6.07, 6.45) is 6.54. The van der Waals surface area contributed by atoms with Gasteiger partial charge < -0.3 is 10.1 Å².